The highest BCUT2D eigenvalue weighted by Crippen LogP contribution is 2.40. The predicted molar refractivity (Wildman–Crippen MR) is 60.7 cm³/mol. The van der Waals surface area contributed by atoms with Crippen LogP contribution in [0.4, 0.5) is 0 Å². The van der Waals surface area contributed by atoms with E-state index in [1.807, 2.05) is 0 Å². The zero-order valence-corrected chi connectivity index (χ0v) is 9.78. The normalized spacial score (nSPS) is 21.5. The van der Waals surface area contributed by atoms with Crippen LogP contribution in [0.1, 0.15) is 41.9 Å². The van der Waals surface area contributed by atoms with Gasteiger partial charge in [0.25, 0.3) is 0 Å². The van der Waals surface area contributed by atoms with Crippen LogP contribution >= 0.6 is 0 Å². The van der Waals surface area contributed by atoms with Crippen LogP contribution in [0.5, 0.6) is 0 Å². The second-order valence-corrected chi connectivity index (χ2v) is 5.70. The van der Waals surface area contributed by atoms with E-state index >= 15 is 0 Å². The van der Waals surface area contributed by atoms with Crippen LogP contribution in [0.25, 0.3) is 0 Å². The summed E-state index contributed by atoms with van der Waals surface area (Å²) >= 11 is 0. The Morgan fingerprint density at radius 2 is 1.80 bits per heavy atom. The van der Waals surface area contributed by atoms with Crippen LogP contribution in [-0.2, 0) is 25.9 Å². The van der Waals surface area contributed by atoms with Gasteiger partial charge in [-0.25, -0.2) is 0 Å². The fourth-order valence-corrected chi connectivity index (χ4v) is 3.04. The first-order chi connectivity index (χ1) is 7.07. The van der Waals surface area contributed by atoms with Gasteiger partial charge in [0.15, 0.2) is 0 Å². The van der Waals surface area contributed by atoms with Gasteiger partial charge in [0.2, 0.25) is 0 Å². The van der Waals surface area contributed by atoms with Gasteiger partial charge in [-0.3, -0.25) is 4.98 Å². The number of hydrogen-bond acceptors (Lipinski definition) is 2. The zero-order chi connectivity index (χ0) is 10.6. The Hall–Kier alpha value is -0.890. The monoisotopic (exact) mass is 202 g/mol. The Bertz CT molecular complexity index is 433. The van der Waals surface area contributed by atoms with Gasteiger partial charge in [0, 0.05) is 18.8 Å². The van der Waals surface area contributed by atoms with Crippen molar-refractivity contribution < 1.29 is 0 Å². The van der Waals surface area contributed by atoms with Crippen LogP contribution in [0.3, 0.4) is 0 Å². The van der Waals surface area contributed by atoms with E-state index in [1.54, 1.807) is 5.56 Å². The molecule has 2 nitrogen and oxygen atoms in total. The molecule has 80 valence electrons. The van der Waals surface area contributed by atoms with Gasteiger partial charge in [-0.1, -0.05) is 13.8 Å². The molecule has 0 spiro atoms. The lowest BCUT2D eigenvalue weighted by atomic mass is 9.90. The minimum absolute atomic E-state index is 0.437. The van der Waals surface area contributed by atoms with Crippen molar-refractivity contribution in [1.29, 1.82) is 0 Å². The molecule has 0 saturated carbocycles. The van der Waals surface area contributed by atoms with Crippen molar-refractivity contribution in [3.63, 3.8) is 0 Å². The predicted octanol–water partition coefficient (Wildman–Crippen LogP) is 2.12. The summed E-state index contributed by atoms with van der Waals surface area (Å²) in [6.45, 7) is 8.88. The Kier molecular flexibility index (Phi) is 1.76. The molecule has 0 amide bonds. The maximum atomic E-state index is 4.73. The summed E-state index contributed by atoms with van der Waals surface area (Å²) in [7, 11) is 0. The Morgan fingerprint density at radius 3 is 2.60 bits per heavy atom. The van der Waals surface area contributed by atoms with E-state index in [-0.39, 0.29) is 0 Å². The topological polar surface area (TPSA) is 24.9 Å². The number of pyridine rings is 1. The SMILES string of the molecule is Cc1nc2c(c3c1CC(C)(C)C3)CNC2. The summed E-state index contributed by atoms with van der Waals surface area (Å²) in [5, 5.41) is 3.41. The van der Waals surface area contributed by atoms with Crippen LogP contribution in [0.15, 0.2) is 0 Å². The second kappa shape index (κ2) is 2.82. The molecule has 0 saturated heterocycles. The van der Waals surface area contributed by atoms with Crippen molar-refractivity contribution in [2.75, 3.05) is 0 Å². The number of aromatic nitrogens is 1. The molecule has 0 aromatic carbocycles. The molecule has 1 aliphatic carbocycles. The maximum Gasteiger partial charge on any atom is 0.0592 e. The molecule has 0 atom stereocenters. The van der Waals surface area contributed by atoms with Gasteiger partial charge in [0.1, 0.15) is 0 Å². The van der Waals surface area contributed by atoms with Crippen LogP contribution in [-0.4, -0.2) is 4.98 Å². The average Bonchev–Trinajstić information content (AvgIpc) is 2.67. The first kappa shape index (κ1) is 9.34. The van der Waals surface area contributed by atoms with E-state index < -0.39 is 0 Å². The van der Waals surface area contributed by atoms with E-state index in [0.29, 0.717) is 5.41 Å². The number of hydrogen-bond donors (Lipinski definition) is 1. The third-order valence-electron chi connectivity index (χ3n) is 3.72. The minimum Gasteiger partial charge on any atom is -0.307 e. The molecule has 2 heteroatoms. The van der Waals surface area contributed by atoms with Crippen molar-refractivity contribution in [2.24, 2.45) is 5.41 Å². The molecule has 0 fully saturated rings. The van der Waals surface area contributed by atoms with Gasteiger partial charge in [0.05, 0.1) is 5.69 Å². The summed E-state index contributed by atoms with van der Waals surface area (Å²) < 4.78 is 0. The standard InChI is InChI=1S/C13H18N2/c1-8-9-4-13(2,3)5-10(9)11-6-14-7-12(11)15-8/h14H,4-7H2,1-3H3. The molecule has 15 heavy (non-hydrogen) atoms. The zero-order valence-electron chi connectivity index (χ0n) is 9.78. The summed E-state index contributed by atoms with van der Waals surface area (Å²) in [5.74, 6) is 0. The highest BCUT2D eigenvalue weighted by Gasteiger charge is 2.33. The molecule has 2 heterocycles. The van der Waals surface area contributed by atoms with Gasteiger partial charge < -0.3 is 5.32 Å². The smallest absolute Gasteiger partial charge is 0.0592 e. The number of aryl methyl sites for hydroxylation is 1. The average molecular weight is 202 g/mol. The Morgan fingerprint density at radius 1 is 1.07 bits per heavy atom. The van der Waals surface area contributed by atoms with Crippen LogP contribution in [0.2, 0.25) is 0 Å². The highest BCUT2D eigenvalue weighted by atomic mass is 14.9. The molecule has 0 unspecified atom stereocenters. The Labute approximate surface area is 91.1 Å². The molecule has 1 aromatic rings. The largest absolute Gasteiger partial charge is 0.307 e. The van der Waals surface area contributed by atoms with E-state index in [4.69, 9.17) is 4.98 Å². The molecular formula is C13H18N2. The highest BCUT2D eigenvalue weighted by molar-refractivity contribution is 5.46. The maximum absolute atomic E-state index is 4.73. The number of fused-ring (bicyclic) bond motifs is 3. The van der Waals surface area contributed by atoms with E-state index in [1.165, 1.54) is 35.4 Å². The third-order valence-corrected chi connectivity index (χ3v) is 3.72. The molecule has 1 aliphatic heterocycles. The van der Waals surface area contributed by atoms with Crippen molar-refractivity contribution in [3.8, 4) is 0 Å². The Balaban J connectivity index is 2.20. The van der Waals surface area contributed by atoms with Gasteiger partial charge in [-0.2, -0.15) is 0 Å². The number of nitrogens with zero attached hydrogens (tertiary/aromatic N) is 1. The van der Waals surface area contributed by atoms with Crippen molar-refractivity contribution in [3.05, 3.63) is 28.1 Å². The first-order valence-electron chi connectivity index (χ1n) is 5.78. The lowest BCUT2D eigenvalue weighted by Crippen LogP contribution is -2.10. The molecule has 0 bridgehead atoms. The molecule has 1 N–H and O–H groups in total. The van der Waals surface area contributed by atoms with E-state index in [2.05, 4.69) is 26.1 Å². The summed E-state index contributed by atoms with van der Waals surface area (Å²) in [6.07, 6.45) is 2.43. The second-order valence-electron chi connectivity index (χ2n) is 5.70. The van der Waals surface area contributed by atoms with Gasteiger partial charge >= 0.3 is 0 Å². The van der Waals surface area contributed by atoms with Gasteiger partial charge in [-0.05, 0) is 41.9 Å². The summed E-state index contributed by atoms with van der Waals surface area (Å²) in [6, 6.07) is 0. The van der Waals surface area contributed by atoms with Crippen molar-refractivity contribution in [2.45, 2.75) is 46.7 Å². The van der Waals surface area contributed by atoms with E-state index in [9.17, 15) is 0 Å². The molecule has 0 radical (unpaired) electrons. The molecule has 2 aliphatic rings. The molecule has 1 aromatic heterocycles. The fraction of sp³-hybridized carbons (Fsp3) is 0.615. The summed E-state index contributed by atoms with van der Waals surface area (Å²) in [4.78, 5) is 4.73. The number of rotatable bonds is 0. The minimum atomic E-state index is 0.437. The van der Waals surface area contributed by atoms with Crippen LogP contribution in [0, 0.1) is 12.3 Å². The number of nitrogens with one attached hydrogen (secondary N) is 1. The third kappa shape index (κ3) is 1.31. The molecular weight excluding hydrogens is 184 g/mol. The molecule has 3 rings (SSSR count). The van der Waals surface area contributed by atoms with Gasteiger partial charge in [-0.15, -0.1) is 0 Å². The quantitative estimate of drug-likeness (QED) is 0.697. The van der Waals surface area contributed by atoms with E-state index in [0.717, 1.165) is 13.1 Å². The van der Waals surface area contributed by atoms with Crippen molar-refractivity contribution in [1.82, 2.24) is 10.3 Å². The van der Waals surface area contributed by atoms with Crippen LogP contribution < -0.4 is 5.32 Å². The fourth-order valence-electron chi connectivity index (χ4n) is 3.04. The summed E-state index contributed by atoms with van der Waals surface area (Å²) in [5.41, 5.74) is 7.63. The first-order valence-corrected chi connectivity index (χ1v) is 5.78. The lowest BCUT2D eigenvalue weighted by molar-refractivity contribution is 0.391. The van der Waals surface area contributed by atoms with Crippen molar-refractivity contribution >= 4 is 0 Å². The lowest BCUT2D eigenvalue weighted by Gasteiger charge is -2.15.